The van der Waals surface area contributed by atoms with Crippen LogP contribution in [0.4, 0.5) is 14.5 Å². The van der Waals surface area contributed by atoms with Gasteiger partial charge in [-0.1, -0.05) is 0 Å². The number of methoxy groups -OCH3 is 1. The summed E-state index contributed by atoms with van der Waals surface area (Å²) in [6.45, 7) is 5.05. The van der Waals surface area contributed by atoms with E-state index < -0.39 is 11.6 Å². The lowest BCUT2D eigenvalue weighted by molar-refractivity contribution is 0.179. The molecule has 0 amide bonds. The molecular weight excluding hydrogens is 314 g/mol. The van der Waals surface area contributed by atoms with E-state index >= 15 is 0 Å². The van der Waals surface area contributed by atoms with Crippen molar-refractivity contribution in [1.82, 2.24) is 10.6 Å². The van der Waals surface area contributed by atoms with Gasteiger partial charge in [-0.2, -0.15) is 0 Å². The molecule has 0 spiro atoms. The average Bonchev–Trinajstić information content (AvgIpc) is 3.03. The van der Waals surface area contributed by atoms with Gasteiger partial charge in [0.15, 0.2) is 17.6 Å². The maximum absolute atomic E-state index is 13.4. The summed E-state index contributed by atoms with van der Waals surface area (Å²) in [5, 5.41) is 6.57. The second-order valence-electron chi connectivity index (χ2n) is 6.15. The number of aliphatic imine (C=N–C) groups is 1. The zero-order chi connectivity index (χ0) is 17.5. The maximum Gasteiger partial charge on any atom is 0.191 e. The number of nitrogens with one attached hydrogen (secondary N) is 2. The Labute approximate surface area is 142 Å². The fourth-order valence-electron chi connectivity index (χ4n) is 2.88. The lowest BCUT2D eigenvalue weighted by Gasteiger charge is -2.20. The Morgan fingerprint density at radius 1 is 1.42 bits per heavy atom. The van der Waals surface area contributed by atoms with Crippen molar-refractivity contribution in [2.75, 3.05) is 45.3 Å². The molecule has 24 heavy (non-hydrogen) atoms. The minimum Gasteiger partial charge on any atom is -0.383 e. The van der Waals surface area contributed by atoms with Crippen molar-refractivity contribution in [1.29, 1.82) is 0 Å². The van der Waals surface area contributed by atoms with Crippen LogP contribution in [0.3, 0.4) is 0 Å². The van der Waals surface area contributed by atoms with Crippen LogP contribution in [0.1, 0.15) is 13.3 Å². The van der Waals surface area contributed by atoms with Gasteiger partial charge in [0.2, 0.25) is 0 Å². The Morgan fingerprint density at radius 3 is 2.88 bits per heavy atom. The lowest BCUT2D eigenvalue weighted by atomic mass is 10.1. The molecule has 2 atom stereocenters. The first-order valence-corrected chi connectivity index (χ1v) is 8.19. The fraction of sp³-hybridized carbons (Fsp3) is 0.588. The number of ether oxygens (including phenoxy) is 1. The quantitative estimate of drug-likeness (QED) is 0.614. The first kappa shape index (κ1) is 18.4. The highest BCUT2D eigenvalue weighted by Gasteiger charge is 2.23. The normalized spacial score (nSPS) is 19.5. The van der Waals surface area contributed by atoms with Gasteiger partial charge >= 0.3 is 0 Å². The summed E-state index contributed by atoms with van der Waals surface area (Å²) in [7, 11) is 3.40. The van der Waals surface area contributed by atoms with Crippen LogP contribution in [-0.4, -0.2) is 52.4 Å². The van der Waals surface area contributed by atoms with E-state index in [2.05, 4.69) is 20.5 Å². The van der Waals surface area contributed by atoms with Gasteiger partial charge in [0.25, 0.3) is 0 Å². The molecule has 0 aromatic heterocycles. The third-order valence-electron chi connectivity index (χ3n) is 4.14. The van der Waals surface area contributed by atoms with Crippen molar-refractivity contribution in [2.24, 2.45) is 10.9 Å². The fourth-order valence-corrected chi connectivity index (χ4v) is 2.88. The van der Waals surface area contributed by atoms with Crippen LogP contribution in [-0.2, 0) is 4.74 Å². The summed E-state index contributed by atoms with van der Waals surface area (Å²) >= 11 is 0. The molecular formula is C17H26F2N4O. The second kappa shape index (κ2) is 8.82. The smallest absolute Gasteiger partial charge is 0.191 e. The number of rotatable bonds is 6. The van der Waals surface area contributed by atoms with Gasteiger partial charge in [0.05, 0.1) is 6.61 Å². The summed E-state index contributed by atoms with van der Waals surface area (Å²) < 4.78 is 31.5. The van der Waals surface area contributed by atoms with E-state index in [-0.39, 0.29) is 6.04 Å². The van der Waals surface area contributed by atoms with E-state index in [0.717, 1.165) is 37.7 Å². The van der Waals surface area contributed by atoms with Gasteiger partial charge in [-0.25, -0.2) is 8.78 Å². The molecule has 1 aromatic rings. The van der Waals surface area contributed by atoms with Crippen LogP contribution in [0.2, 0.25) is 0 Å². The molecule has 2 unspecified atom stereocenters. The summed E-state index contributed by atoms with van der Waals surface area (Å²) in [5.74, 6) is -0.442. The second-order valence-corrected chi connectivity index (χ2v) is 6.15. The Bertz CT molecular complexity index is 568. The number of halogens is 2. The SMILES string of the molecule is CN=C(NCC1CCN(c2ccc(F)c(F)c2)C1)NC(C)COC. The molecule has 2 N–H and O–H groups in total. The van der Waals surface area contributed by atoms with E-state index in [0.29, 0.717) is 12.5 Å². The van der Waals surface area contributed by atoms with Gasteiger partial charge in [-0.3, -0.25) is 4.99 Å². The Kier molecular flexibility index (Phi) is 6.78. The molecule has 1 heterocycles. The molecule has 0 radical (unpaired) electrons. The molecule has 2 rings (SSSR count). The predicted octanol–water partition coefficient (Wildman–Crippen LogP) is 1.99. The molecule has 134 valence electrons. The van der Waals surface area contributed by atoms with Gasteiger partial charge in [0, 0.05) is 51.6 Å². The van der Waals surface area contributed by atoms with Crippen LogP contribution in [0, 0.1) is 17.6 Å². The number of benzene rings is 1. The zero-order valence-corrected chi connectivity index (χ0v) is 14.5. The molecule has 1 aliphatic rings. The molecule has 7 heteroatoms. The van der Waals surface area contributed by atoms with Crippen molar-refractivity contribution >= 4 is 11.6 Å². The van der Waals surface area contributed by atoms with E-state index in [1.54, 1.807) is 20.2 Å². The Morgan fingerprint density at radius 2 is 2.21 bits per heavy atom. The number of anilines is 1. The van der Waals surface area contributed by atoms with Crippen LogP contribution >= 0.6 is 0 Å². The largest absolute Gasteiger partial charge is 0.383 e. The van der Waals surface area contributed by atoms with E-state index in [1.165, 1.54) is 12.1 Å². The highest BCUT2D eigenvalue weighted by Crippen LogP contribution is 2.24. The first-order valence-electron chi connectivity index (χ1n) is 8.19. The standard InChI is InChI=1S/C17H26F2N4O/c1-12(11-24-3)22-17(20-2)21-9-13-6-7-23(10-13)14-4-5-15(18)16(19)8-14/h4-5,8,12-13H,6-7,9-11H2,1-3H3,(H2,20,21,22). The van der Waals surface area contributed by atoms with Gasteiger partial charge in [0.1, 0.15) is 0 Å². The average molecular weight is 340 g/mol. The summed E-state index contributed by atoms with van der Waals surface area (Å²) in [6.07, 6.45) is 0.997. The molecule has 0 aliphatic carbocycles. The molecule has 1 saturated heterocycles. The minimum absolute atomic E-state index is 0.170. The maximum atomic E-state index is 13.4. The highest BCUT2D eigenvalue weighted by molar-refractivity contribution is 5.79. The zero-order valence-electron chi connectivity index (χ0n) is 14.5. The molecule has 5 nitrogen and oxygen atoms in total. The van der Waals surface area contributed by atoms with Crippen LogP contribution in [0.15, 0.2) is 23.2 Å². The Balaban J connectivity index is 1.82. The first-order chi connectivity index (χ1) is 11.5. The third kappa shape index (κ3) is 5.06. The number of nitrogens with zero attached hydrogens (tertiary/aromatic N) is 2. The summed E-state index contributed by atoms with van der Waals surface area (Å²) in [4.78, 5) is 6.29. The Hall–Kier alpha value is -1.89. The number of hydrogen-bond acceptors (Lipinski definition) is 3. The summed E-state index contributed by atoms with van der Waals surface area (Å²) in [5.41, 5.74) is 0.729. The van der Waals surface area contributed by atoms with Gasteiger partial charge in [-0.05, 0) is 31.4 Å². The van der Waals surface area contributed by atoms with Crippen LogP contribution in [0.5, 0.6) is 0 Å². The van der Waals surface area contributed by atoms with E-state index in [1.807, 2.05) is 6.92 Å². The lowest BCUT2D eigenvalue weighted by Crippen LogP contribution is -2.45. The molecule has 1 fully saturated rings. The molecule has 0 saturated carbocycles. The van der Waals surface area contributed by atoms with Gasteiger partial charge < -0.3 is 20.3 Å². The molecule has 0 bridgehead atoms. The highest BCUT2D eigenvalue weighted by atomic mass is 19.2. The monoisotopic (exact) mass is 340 g/mol. The van der Waals surface area contributed by atoms with Crippen molar-refractivity contribution in [2.45, 2.75) is 19.4 Å². The van der Waals surface area contributed by atoms with Crippen molar-refractivity contribution in [3.63, 3.8) is 0 Å². The van der Waals surface area contributed by atoms with Crippen molar-refractivity contribution in [3.05, 3.63) is 29.8 Å². The number of guanidine groups is 1. The van der Waals surface area contributed by atoms with Crippen molar-refractivity contribution in [3.8, 4) is 0 Å². The minimum atomic E-state index is -0.809. The topological polar surface area (TPSA) is 48.9 Å². The third-order valence-corrected chi connectivity index (χ3v) is 4.14. The van der Waals surface area contributed by atoms with Crippen LogP contribution in [0.25, 0.3) is 0 Å². The summed E-state index contributed by atoms with van der Waals surface area (Å²) in [6, 6.07) is 4.24. The molecule has 1 aromatic carbocycles. The van der Waals surface area contributed by atoms with E-state index in [9.17, 15) is 8.78 Å². The van der Waals surface area contributed by atoms with Crippen molar-refractivity contribution < 1.29 is 13.5 Å². The van der Waals surface area contributed by atoms with Crippen LogP contribution < -0.4 is 15.5 Å². The predicted molar refractivity (Wildman–Crippen MR) is 92.5 cm³/mol. The molecule has 1 aliphatic heterocycles. The van der Waals surface area contributed by atoms with E-state index in [4.69, 9.17) is 4.74 Å². The number of hydrogen-bond donors (Lipinski definition) is 2. The van der Waals surface area contributed by atoms with Gasteiger partial charge in [-0.15, -0.1) is 0 Å².